The smallest absolute Gasteiger partial charge is 0.224 e. The Balaban J connectivity index is 1.05. The standard InChI is InChI=1S/C30H41N7O4S/c1-2-36-15-4-5-24(18-36)33-29(38)22-8-10-23(11-9-22)34-30-31-14-12-28(35-30)37-26-6-3-7-27(25(26)17-32-37)41-19-21-13-16-42(39,40)20-21/h3,6-7,12,14,17,21-24H,2,4-5,8-11,13,15-16,18-20H2,1H3,(H,33,38)(H,31,34,35). The van der Waals surface area contributed by atoms with Crippen LogP contribution in [0, 0.1) is 11.8 Å². The molecule has 0 radical (unpaired) electrons. The number of carbonyl (C=O) groups is 1. The number of hydrogen-bond donors (Lipinski definition) is 2. The number of benzene rings is 1. The van der Waals surface area contributed by atoms with Crippen LogP contribution in [0.25, 0.3) is 16.7 Å². The number of nitrogens with zero attached hydrogens (tertiary/aromatic N) is 5. The maximum Gasteiger partial charge on any atom is 0.224 e. The highest BCUT2D eigenvalue weighted by molar-refractivity contribution is 7.91. The summed E-state index contributed by atoms with van der Waals surface area (Å²) in [6.07, 6.45) is 9.83. The van der Waals surface area contributed by atoms with Gasteiger partial charge in [-0.2, -0.15) is 10.1 Å². The number of piperidine rings is 1. The quantitative estimate of drug-likeness (QED) is 0.383. The van der Waals surface area contributed by atoms with E-state index >= 15 is 0 Å². The molecule has 11 nitrogen and oxygen atoms in total. The van der Waals surface area contributed by atoms with E-state index in [0.717, 1.165) is 69.1 Å². The van der Waals surface area contributed by atoms with Crippen molar-refractivity contribution in [1.29, 1.82) is 0 Å². The number of aromatic nitrogens is 4. The lowest BCUT2D eigenvalue weighted by Crippen LogP contribution is -2.49. The molecule has 6 rings (SSSR count). The fraction of sp³-hybridized carbons (Fsp3) is 0.600. The van der Waals surface area contributed by atoms with Gasteiger partial charge in [0.25, 0.3) is 0 Å². The van der Waals surface area contributed by atoms with Crippen LogP contribution in [0.4, 0.5) is 5.95 Å². The predicted octanol–water partition coefficient (Wildman–Crippen LogP) is 3.20. The highest BCUT2D eigenvalue weighted by Gasteiger charge is 2.30. The van der Waals surface area contributed by atoms with Gasteiger partial charge in [-0.25, -0.2) is 18.1 Å². The van der Waals surface area contributed by atoms with Crippen molar-refractivity contribution >= 4 is 32.6 Å². The van der Waals surface area contributed by atoms with Crippen LogP contribution in [0.2, 0.25) is 0 Å². The van der Waals surface area contributed by atoms with E-state index in [9.17, 15) is 13.2 Å². The zero-order valence-electron chi connectivity index (χ0n) is 24.2. The van der Waals surface area contributed by atoms with E-state index in [-0.39, 0.29) is 41.3 Å². The summed E-state index contributed by atoms with van der Waals surface area (Å²) >= 11 is 0. The van der Waals surface area contributed by atoms with Crippen LogP contribution in [-0.4, -0.2) is 88.8 Å². The second-order valence-corrected chi connectivity index (χ2v) is 14.2. The van der Waals surface area contributed by atoms with E-state index in [4.69, 9.17) is 9.72 Å². The average Bonchev–Trinajstić information content (AvgIpc) is 3.59. The van der Waals surface area contributed by atoms with Crippen LogP contribution >= 0.6 is 0 Å². The molecule has 0 spiro atoms. The molecule has 2 N–H and O–H groups in total. The Hall–Kier alpha value is -3.25. The van der Waals surface area contributed by atoms with Crippen molar-refractivity contribution in [2.75, 3.05) is 43.1 Å². The van der Waals surface area contributed by atoms with Gasteiger partial charge in [0.15, 0.2) is 15.7 Å². The van der Waals surface area contributed by atoms with Gasteiger partial charge in [-0.1, -0.05) is 13.0 Å². The minimum Gasteiger partial charge on any atom is -0.493 e. The number of likely N-dealkylation sites (tertiary alicyclic amines) is 1. The largest absolute Gasteiger partial charge is 0.493 e. The van der Waals surface area contributed by atoms with Gasteiger partial charge in [0.1, 0.15) is 5.75 Å². The average molecular weight is 596 g/mol. The first-order valence-corrected chi connectivity index (χ1v) is 17.1. The van der Waals surface area contributed by atoms with Crippen molar-refractivity contribution < 1.29 is 17.9 Å². The Bertz CT molecular complexity index is 1500. The number of hydrogen-bond acceptors (Lipinski definition) is 9. The van der Waals surface area contributed by atoms with Gasteiger partial charge in [0, 0.05) is 42.7 Å². The van der Waals surface area contributed by atoms with E-state index in [1.807, 2.05) is 24.3 Å². The number of sulfone groups is 1. The molecule has 4 heterocycles. The molecule has 1 amide bonds. The number of amides is 1. The molecule has 3 aliphatic rings. The molecule has 1 aromatic carbocycles. The van der Waals surface area contributed by atoms with Gasteiger partial charge in [-0.05, 0) is 70.2 Å². The maximum atomic E-state index is 12.9. The van der Waals surface area contributed by atoms with E-state index in [0.29, 0.717) is 30.5 Å². The monoisotopic (exact) mass is 595 g/mol. The highest BCUT2D eigenvalue weighted by atomic mass is 32.2. The fourth-order valence-electron chi connectivity index (χ4n) is 6.54. The lowest BCUT2D eigenvalue weighted by molar-refractivity contribution is -0.127. The summed E-state index contributed by atoms with van der Waals surface area (Å²) in [4.78, 5) is 24.6. The van der Waals surface area contributed by atoms with Crippen LogP contribution < -0.4 is 15.4 Å². The van der Waals surface area contributed by atoms with Crippen LogP contribution in [-0.2, 0) is 14.6 Å². The van der Waals surface area contributed by atoms with Gasteiger partial charge in [0.05, 0.1) is 35.2 Å². The van der Waals surface area contributed by atoms with Crippen LogP contribution in [0.15, 0.2) is 36.7 Å². The first-order chi connectivity index (χ1) is 20.4. The van der Waals surface area contributed by atoms with Crippen LogP contribution in [0.3, 0.4) is 0 Å². The third-order valence-corrected chi connectivity index (χ3v) is 10.8. The second kappa shape index (κ2) is 12.5. The van der Waals surface area contributed by atoms with E-state index < -0.39 is 9.84 Å². The molecule has 2 saturated heterocycles. The number of nitrogens with one attached hydrogen (secondary N) is 2. The van der Waals surface area contributed by atoms with Crippen molar-refractivity contribution in [3.63, 3.8) is 0 Å². The summed E-state index contributed by atoms with van der Waals surface area (Å²) in [5.41, 5.74) is 0.850. The van der Waals surface area contributed by atoms with Crippen molar-refractivity contribution in [1.82, 2.24) is 30.0 Å². The molecule has 3 fully saturated rings. The second-order valence-electron chi connectivity index (χ2n) is 12.0. The Morgan fingerprint density at radius 3 is 2.74 bits per heavy atom. The van der Waals surface area contributed by atoms with Gasteiger partial charge in [0.2, 0.25) is 11.9 Å². The fourth-order valence-corrected chi connectivity index (χ4v) is 8.38. The van der Waals surface area contributed by atoms with Gasteiger partial charge < -0.3 is 20.3 Å². The summed E-state index contributed by atoms with van der Waals surface area (Å²) in [7, 11) is -2.94. The Morgan fingerprint density at radius 2 is 1.95 bits per heavy atom. The normalized spacial score (nSPS) is 26.2. The molecule has 226 valence electrons. The van der Waals surface area contributed by atoms with Crippen LogP contribution in [0.5, 0.6) is 5.75 Å². The zero-order valence-corrected chi connectivity index (χ0v) is 25.1. The summed E-state index contributed by atoms with van der Waals surface area (Å²) in [6.45, 7) is 5.67. The first-order valence-electron chi connectivity index (χ1n) is 15.3. The minimum atomic E-state index is -2.94. The lowest BCUT2D eigenvalue weighted by atomic mass is 9.85. The first kappa shape index (κ1) is 28.9. The molecular weight excluding hydrogens is 554 g/mol. The molecule has 3 aromatic rings. The molecule has 2 unspecified atom stereocenters. The number of ether oxygens (including phenoxy) is 1. The number of carbonyl (C=O) groups excluding carboxylic acids is 1. The van der Waals surface area contributed by atoms with Gasteiger partial charge in [-0.3, -0.25) is 4.79 Å². The molecule has 1 saturated carbocycles. The van der Waals surface area contributed by atoms with Crippen molar-refractivity contribution in [2.45, 2.75) is 64.0 Å². The van der Waals surface area contributed by atoms with Crippen LogP contribution in [0.1, 0.15) is 51.9 Å². The number of fused-ring (bicyclic) bond motifs is 1. The maximum absolute atomic E-state index is 12.9. The summed E-state index contributed by atoms with van der Waals surface area (Å²) < 4.78 is 31.4. The molecular formula is C30H41N7O4S. The molecule has 2 atom stereocenters. The van der Waals surface area contributed by atoms with Gasteiger partial charge in [-0.15, -0.1) is 0 Å². The summed E-state index contributed by atoms with van der Waals surface area (Å²) in [5, 5.41) is 12.2. The number of anilines is 1. The minimum absolute atomic E-state index is 0.0175. The van der Waals surface area contributed by atoms with Gasteiger partial charge >= 0.3 is 0 Å². The van der Waals surface area contributed by atoms with Crippen molar-refractivity contribution in [3.8, 4) is 11.6 Å². The molecule has 1 aliphatic carbocycles. The predicted molar refractivity (Wildman–Crippen MR) is 162 cm³/mol. The number of likely N-dealkylation sites (N-methyl/N-ethyl adjacent to an activating group) is 1. The zero-order chi connectivity index (χ0) is 29.1. The Kier molecular flexibility index (Phi) is 8.62. The molecule has 2 aliphatic heterocycles. The SMILES string of the molecule is CCN1CCCC(NC(=O)C2CCC(Nc3nccc(-n4ncc5c(OCC6CCS(=O)(=O)C6)cccc54)n3)CC2)C1. The summed E-state index contributed by atoms with van der Waals surface area (Å²) in [5.74, 6) is 2.58. The summed E-state index contributed by atoms with van der Waals surface area (Å²) in [6, 6.07) is 8.05. The Morgan fingerprint density at radius 1 is 1.10 bits per heavy atom. The van der Waals surface area contributed by atoms with E-state index in [1.54, 1.807) is 17.1 Å². The van der Waals surface area contributed by atoms with Crippen molar-refractivity contribution in [2.24, 2.45) is 11.8 Å². The van der Waals surface area contributed by atoms with E-state index in [1.165, 1.54) is 0 Å². The van der Waals surface area contributed by atoms with E-state index in [2.05, 4.69) is 32.5 Å². The molecule has 42 heavy (non-hydrogen) atoms. The molecule has 0 bridgehead atoms. The topological polar surface area (TPSA) is 131 Å². The molecule has 12 heteroatoms. The Labute approximate surface area is 247 Å². The third-order valence-electron chi connectivity index (χ3n) is 8.96. The lowest BCUT2D eigenvalue weighted by Gasteiger charge is -2.34. The molecule has 2 aromatic heterocycles. The third kappa shape index (κ3) is 6.70. The van der Waals surface area contributed by atoms with Crippen molar-refractivity contribution in [3.05, 3.63) is 36.7 Å². The highest BCUT2D eigenvalue weighted by Crippen LogP contribution is 2.30. The number of rotatable bonds is 9.